The van der Waals surface area contributed by atoms with Gasteiger partial charge in [-0.3, -0.25) is 0 Å². The standard InChI is InChI=1S/C9H12N2.C2H6/c1-2-7-5-10-6-11-9(7)8-3-4-8;1-2/h5-6,8H,2-4H2,1H3;1-2H3. The summed E-state index contributed by atoms with van der Waals surface area (Å²) >= 11 is 0. The van der Waals surface area contributed by atoms with Crippen molar-refractivity contribution in [3.05, 3.63) is 23.8 Å². The van der Waals surface area contributed by atoms with Crippen LogP contribution in [0, 0.1) is 0 Å². The molecule has 1 heterocycles. The summed E-state index contributed by atoms with van der Waals surface area (Å²) in [4.78, 5) is 8.32. The molecule has 13 heavy (non-hydrogen) atoms. The second-order valence-corrected chi connectivity index (χ2v) is 3.06. The number of rotatable bonds is 2. The average Bonchev–Trinajstić information content (AvgIpc) is 3.04. The minimum Gasteiger partial charge on any atom is -0.245 e. The van der Waals surface area contributed by atoms with Crippen molar-refractivity contribution in [1.29, 1.82) is 0 Å². The Morgan fingerprint density at radius 3 is 2.62 bits per heavy atom. The highest BCUT2D eigenvalue weighted by Gasteiger charge is 2.26. The Hall–Kier alpha value is -0.920. The summed E-state index contributed by atoms with van der Waals surface area (Å²) in [6, 6.07) is 0. The molecule has 1 saturated carbocycles. The van der Waals surface area contributed by atoms with Crippen molar-refractivity contribution in [3.63, 3.8) is 0 Å². The quantitative estimate of drug-likeness (QED) is 0.695. The van der Waals surface area contributed by atoms with Gasteiger partial charge in [-0.2, -0.15) is 0 Å². The van der Waals surface area contributed by atoms with Gasteiger partial charge in [0.1, 0.15) is 6.33 Å². The molecular formula is C11H18N2. The summed E-state index contributed by atoms with van der Waals surface area (Å²) in [5, 5.41) is 0. The first-order chi connectivity index (χ1) is 6.42. The van der Waals surface area contributed by atoms with Crippen molar-refractivity contribution in [2.45, 2.75) is 46.0 Å². The third-order valence-corrected chi connectivity index (χ3v) is 2.17. The molecule has 1 aromatic heterocycles. The molecule has 2 heteroatoms. The van der Waals surface area contributed by atoms with Gasteiger partial charge in [0.2, 0.25) is 0 Å². The monoisotopic (exact) mass is 178 g/mol. The molecule has 72 valence electrons. The van der Waals surface area contributed by atoms with E-state index in [-0.39, 0.29) is 0 Å². The molecule has 0 aromatic carbocycles. The Bertz CT molecular complexity index is 254. The molecule has 0 radical (unpaired) electrons. The molecular weight excluding hydrogens is 160 g/mol. The Balaban J connectivity index is 0.000000396. The van der Waals surface area contributed by atoms with Gasteiger partial charge in [0.25, 0.3) is 0 Å². The fourth-order valence-electron chi connectivity index (χ4n) is 1.36. The van der Waals surface area contributed by atoms with Crippen LogP contribution in [-0.4, -0.2) is 9.97 Å². The van der Waals surface area contributed by atoms with Crippen molar-refractivity contribution in [2.75, 3.05) is 0 Å². The second kappa shape index (κ2) is 4.95. The molecule has 0 atom stereocenters. The van der Waals surface area contributed by atoms with Crippen molar-refractivity contribution < 1.29 is 0 Å². The molecule has 1 aliphatic rings. The summed E-state index contributed by atoms with van der Waals surface area (Å²) in [6.45, 7) is 6.16. The van der Waals surface area contributed by atoms with Gasteiger partial charge in [-0.1, -0.05) is 20.8 Å². The minimum absolute atomic E-state index is 0.757. The van der Waals surface area contributed by atoms with Crippen LogP contribution in [0.3, 0.4) is 0 Å². The highest BCUT2D eigenvalue weighted by molar-refractivity contribution is 5.23. The van der Waals surface area contributed by atoms with Crippen LogP contribution < -0.4 is 0 Å². The van der Waals surface area contributed by atoms with Crippen molar-refractivity contribution in [3.8, 4) is 0 Å². The third-order valence-electron chi connectivity index (χ3n) is 2.17. The van der Waals surface area contributed by atoms with Gasteiger partial charge in [0, 0.05) is 17.8 Å². The number of nitrogens with zero attached hydrogens (tertiary/aromatic N) is 2. The maximum absolute atomic E-state index is 4.30. The molecule has 2 rings (SSSR count). The van der Waals surface area contributed by atoms with E-state index in [4.69, 9.17) is 0 Å². The van der Waals surface area contributed by atoms with Crippen molar-refractivity contribution >= 4 is 0 Å². The fraction of sp³-hybridized carbons (Fsp3) is 0.636. The predicted molar refractivity (Wildman–Crippen MR) is 54.7 cm³/mol. The first kappa shape index (κ1) is 10.2. The topological polar surface area (TPSA) is 25.8 Å². The molecule has 0 N–H and O–H groups in total. The van der Waals surface area contributed by atoms with Gasteiger partial charge in [0.05, 0.1) is 0 Å². The van der Waals surface area contributed by atoms with Gasteiger partial charge in [-0.25, -0.2) is 9.97 Å². The lowest BCUT2D eigenvalue weighted by atomic mass is 10.1. The van der Waals surface area contributed by atoms with E-state index in [0.717, 1.165) is 12.3 Å². The lowest BCUT2D eigenvalue weighted by molar-refractivity contribution is 0.920. The van der Waals surface area contributed by atoms with Gasteiger partial charge in [0.15, 0.2) is 0 Å². The third kappa shape index (κ3) is 2.51. The number of aromatic nitrogens is 2. The molecule has 0 saturated heterocycles. The Labute approximate surface area is 80.4 Å². The molecule has 1 aliphatic carbocycles. The first-order valence-electron chi connectivity index (χ1n) is 5.20. The van der Waals surface area contributed by atoms with Gasteiger partial charge in [-0.15, -0.1) is 0 Å². The summed E-state index contributed by atoms with van der Waals surface area (Å²) < 4.78 is 0. The average molecular weight is 178 g/mol. The molecule has 0 spiro atoms. The van der Waals surface area contributed by atoms with Crippen LogP contribution in [0.5, 0.6) is 0 Å². The molecule has 2 nitrogen and oxygen atoms in total. The molecule has 0 amide bonds. The Kier molecular flexibility index (Phi) is 3.87. The first-order valence-corrected chi connectivity index (χ1v) is 5.20. The van der Waals surface area contributed by atoms with Crippen LogP contribution in [0.1, 0.15) is 50.8 Å². The number of hydrogen-bond donors (Lipinski definition) is 0. The van der Waals surface area contributed by atoms with Crippen molar-refractivity contribution in [2.24, 2.45) is 0 Å². The highest BCUT2D eigenvalue weighted by Crippen LogP contribution is 2.40. The molecule has 0 bridgehead atoms. The number of hydrogen-bond acceptors (Lipinski definition) is 2. The van der Waals surface area contributed by atoms with Gasteiger partial charge >= 0.3 is 0 Å². The summed E-state index contributed by atoms with van der Waals surface area (Å²) in [6.07, 6.45) is 7.31. The highest BCUT2D eigenvalue weighted by atomic mass is 14.8. The second-order valence-electron chi connectivity index (χ2n) is 3.06. The summed E-state index contributed by atoms with van der Waals surface area (Å²) in [5.41, 5.74) is 2.62. The van der Waals surface area contributed by atoms with E-state index in [1.54, 1.807) is 6.33 Å². The SMILES string of the molecule is CC.CCc1cncnc1C1CC1. The predicted octanol–water partition coefficient (Wildman–Crippen LogP) is 2.94. The van der Waals surface area contributed by atoms with E-state index in [1.807, 2.05) is 20.0 Å². The van der Waals surface area contributed by atoms with E-state index >= 15 is 0 Å². The van der Waals surface area contributed by atoms with Crippen LogP contribution in [0.25, 0.3) is 0 Å². The van der Waals surface area contributed by atoms with E-state index in [2.05, 4.69) is 16.9 Å². The zero-order valence-corrected chi connectivity index (χ0v) is 8.75. The van der Waals surface area contributed by atoms with E-state index in [1.165, 1.54) is 24.1 Å². The van der Waals surface area contributed by atoms with Crippen LogP contribution in [0.15, 0.2) is 12.5 Å². The Morgan fingerprint density at radius 1 is 1.38 bits per heavy atom. The van der Waals surface area contributed by atoms with E-state index in [9.17, 15) is 0 Å². The van der Waals surface area contributed by atoms with E-state index < -0.39 is 0 Å². The molecule has 1 fully saturated rings. The zero-order valence-electron chi connectivity index (χ0n) is 8.75. The normalized spacial score (nSPS) is 14.7. The van der Waals surface area contributed by atoms with Crippen LogP contribution in [0.4, 0.5) is 0 Å². The zero-order chi connectivity index (χ0) is 9.68. The van der Waals surface area contributed by atoms with Crippen LogP contribution in [-0.2, 0) is 6.42 Å². The maximum atomic E-state index is 4.30. The smallest absolute Gasteiger partial charge is 0.115 e. The molecule has 1 aromatic rings. The minimum atomic E-state index is 0.757. The summed E-state index contributed by atoms with van der Waals surface area (Å²) in [5.74, 6) is 0.757. The van der Waals surface area contributed by atoms with Crippen molar-refractivity contribution in [1.82, 2.24) is 9.97 Å². The van der Waals surface area contributed by atoms with Gasteiger partial charge in [-0.05, 0) is 24.8 Å². The van der Waals surface area contributed by atoms with Gasteiger partial charge < -0.3 is 0 Å². The lowest BCUT2D eigenvalue weighted by Crippen LogP contribution is -1.95. The fourth-order valence-corrected chi connectivity index (χ4v) is 1.36. The summed E-state index contributed by atoms with van der Waals surface area (Å²) in [7, 11) is 0. The van der Waals surface area contributed by atoms with Crippen LogP contribution >= 0.6 is 0 Å². The molecule has 0 aliphatic heterocycles. The lowest BCUT2D eigenvalue weighted by Gasteiger charge is -2.01. The molecule has 0 unspecified atom stereocenters. The Morgan fingerprint density at radius 2 is 2.08 bits per heavy atom. The van der Waals surface area contributed by atoms with Crippen LogP contribution in [0.2, 0.25) is 0 Å². The number of aryl methyl sites for hydroxylation is 1. The largest absolute Gasteiger partial charge is 0.245 e. The maximum Gasteiger partial charge on any atom is 0.115 e. The van der Waals surface area contributed by atoms with E-state index in [0.29, 0.717) is 0 Å².